The third-order valence-corrected chi connectivity index (χ3v) is 2.81. The van der Waals surface area contributed by atoms with Gasteiger partial charge in [0.2, 0.25) is 5.79 Å². The Kier molecular flexibility index (Phi) is 7.05. The van der Waals surface area contributed by atoms with Crippen LogP contribution in [-0.2, 0) is 9.47 Å². The second-order valence-corrected chi connectivity index (χ2v) is 3.33. The Morgan fingerprint density at radius 3 is 2.20 bits per heavy atom. The van der Waals surface area contributed by atoms with Gasteiger partial charge in [-0.15, -0.1) is 0 Å². The van der Waals surface area contributed by atoms with Crippen LogP contribution in [-0.4, -0.2) is 50.7 Å². The molecule has 0 aromatic carbocycles. The van der Waals surface area contributed by atoms with Gasteiger partial charge in [-0.1, -0.05) is 20.8 Å². The SMILES string of the molecule is CC.CCN1CCC(OC)(OC)C(F)C1. The van der Waals surface area contributed by atoms with E-state index in [1.807, 2.05) is 20.8 Å². The van der Waals surface area contributed by atoms with Crippen LogP contribution in [0, 0.1) is 0 Å². The molecule has 0 aliphatic carbocycles. The fraction of sp³-hybridized carbons (Fsp3) is 1.00. The summed E-state index contributed by atoms with van der Waals surface area (Å²) >= 11 is 0. The summed E-state index contributed by atoms with van der Waals surface area (Å²) in [6.07, 6.45) is -0.467. The zero-order valence-electron chi connectivity index (χ0n) is 10.5. The number of methoxy groups -OCH3 is 2. The molecule has 1 rings (SSSR count). The smallest absolute Gasteiger partial charge is 0.201 e. The van der Waals surface area contributed by atoms with E-state index in [0.29, 0.717) is 13.0 Å². The Labute approximate surface area is 92.5 Å². The molecule has 1 saturated heterocycles. The molecule has 1 unspecified atom stereocenters. The summed E-state index contributed by atoms with van der Waals surface area (Å²) in [5.74, 6) is -1.01. The van der Waals surface area contributed by atoms with Gasteiger partial charge in [-0.25, -0.2) is 4.39 Å². The molecule has 0 saturated carbocycles. The third-order valence-electron chi connectivity index (χ3n) is 2.81. The minimum Gasteiger partial charge on any atom is -0.351 e. The average molecular weight is 221 g/mol. The number of hydrogen-bond acceptors (Lipinski definition) is 3. The van der Waals surface area contributed by atoms with Crippen molar-refractivity contribution in [1.82, 2.24) is 4.90 Å². The molecule has 3 nitrogen and oxygen atoms in total. The fourth-order valence-corrected chi connectivity index (χ4v) is 1.76. The molecule has 1 aliphatic rings. The standard InChI is InChI=1S/C9H18FNO2.C2H6/c1-4-11-6-5-9(12-2,13-3)8(10)7-11;1-2/h8H,4-7H2,1-3H3;1-2H3. The van der Waals surface area contributed by atoms with Crippen molar-refractivity contribution >= 4 is 0 Å². The first kappa shape index (κ1) is 14.8. The van der Waals surface area contributed by atoms with Crippen molar-refractivity contribution in [3.63, 3.8) is 0 Å². The fourth-order valence-electron chi connectivity index (χ4n) is 1.76. The molecule has 4 heteroatoms. The van der Waals surface area contributed by atoms with Crippen molar-refractivity contribution in [1.29, 1.82) is 0 Å². The Morgan fingerprint density at radius 2 is 1.87 bits per heavy atom. The van der Waals surface area contributed by atoms with Crippen LogP contribution >= 0.6 is 0 Å². The number of alkyl halides is 1. The first-order valence-electron chi connectivity index (χ1n) is 5.65. The van der Waals surface area contributed by atoms with Crippen molar-refractivity contribution in [3.8, 4) is 0 Å². The number of likely N-dealkylation sites (tertiary alicyclic amines) is 1. The van der Waals surface area contributed by atoms with Crippen LogP contribution < -0.4 is 0 Å². The Balaban J connectivity index is 0.000000921. The highest BCUT2D eigenvalue weighted by Crippen LogP contribution is 2.28. The van der Waals surface area contributed by atoms with E-state index in [0.717, 1.165) is 13.1 Å². The highest BCUT2D eigenvalue weighted by molar-refractivity contribution is 4.87. The molecule has 0 aromatic heterocycles. The first-order valence-corrected chi connectivity index (χ1v) is 5.65. The Morgan fingerprint density at radius 1 is 1.33 bits per heavy atom. The number of ether oxygens (including phenoxy) is 2. The maximum Gasteiger partial charge on any atom is 0.201 e. The van der Waals surface area contributed by atoms with Gasteiger partial charge in [0, 0.05) is 33.7 Å². The molecule has 1 atom stereocenters. The molecule has 92 valence electrons. The maximum atomic E-state index is 13.6. The van der Waals surface area contributed by atoms with Crippen molar-refractivity contribution < 1.29 is 13.9 Å². The lowest BCUT2D eigenvalue weighted by Crippen LogP contribution is -2.55. The normalized spacial score (nSPS) is 25.6. The first-order chi connectivity index (χ1) is 7.18. The lowest BCUT2D eigenvalue weighted by Gasteiger charge is -2.41. The van der Waals surface area contributed by atoms with Gasteiger partial charge in [0.15, 0.2) is 6.17 Å². The lowest BCUT2D eigenvalue weighted by atomic mass is 10.0. The van der Waals surface area contributed by atoms with Gasteiger partial charge in [-0.2, -0.15) is 0 Å². The molecule has 0 spiro atoms. The van der Waals surface area contributed by atoms with E-state index in [1.54, 1.807) is 0 Å². The van der Waals surface area contributed by atoms with Crippen molar-refractivity contribution in [2.45, 2.75) is 39.2 Å². The highest BCUT2D eigenvalue weighted by Gasteiger charge is 2.44. The zero-order valence-corrected chi connectivity index (χ0v) is 10.5. The summed E-state index contributed by atoms with van der Waals surface area (Å²) < 4.78 is 23.9. The summed E-state index contributed by atoms with van der Waals surface area (Å²) in [5, 5.41) is 0. The van der Waals surface area contributed by atoms with E-state index < -0.39 is 12.0 Å². The monoisotopic (exact) mass is 221 g/mol. The summed E-state index contributed by atoms with van der Waals surface area (Å²) in [4.78, 5) is 2.06. The van der Waals surface area contributed by atoms with Gasteiger partial charge in [-0.3, -0.25) is 0 Å². The number of hydrogen-bond donors (Lipinski definition) is 0. The molecular formula is C11H24FNO2. The molecule has 0 bridgehead atoms. The van der Waals surface area contributed by atoms with Crippen molar-refractivity contribution in [2.75, 3.05) is 33.9 Å². The van der Waals surface area contributed by atoms with E-state index in [-0.39, 0.29) is 0 Å². The summed E-state index contributed by atoms with van der Waals surface area (Å²) in [7, 11) is 3.00. The quantitative estimate of drug-likeness (QED) is 0.681. The topological polar surface area (TPSA) is 21.7 Å². The van der Waals surface area contributed by atoms with Crippen LogP contribution in [0.5, 0.6) is 0 Å². The number of rotatable bonds is 3. The summed E-state index contributed by atoms with van der Waals surface area (Å²) in [6.45, 7) is 8.14. The predicted molar refractivity (Wildman–Crippen MR) is 59.7 cm³/mol. The van der Waals surface area contributed by atoms with Gasteiger partial charge in [0.05, 0.1) is 0 Å². The molecule has 0 amide bonds. The van der Waals surface area contributed by atoms with Gasteiger partial charge in [0.25, 0.3) is 0 Å². The van der Waals surface area contributed by atoms with E-state index >= 15 is 0 Å². The largest absolute Gasteiger partial charge is 0.351 e. The molecule has 0 radical (unpaired) electrons. The van der Waals surface area contributed by atoms with E-state index in [9.17, 15) is 4.39 Å². The summed E-state index contributed by atoms with van der Waals surface area (Å²) in [5.41, 5.74) is 0. The number of nitrogens with zero attached hydrogens (tertiary/aromatic N) is 1. The molecule has 0 aromatic rings. The number of piperidine rings is 1. The van der Waals surface area contributed by atoms with Crippen LogP contribution in [0.1, 0.15) is 27.2 Å². The third kappa shape index (κ3) is 3.40. The molecule has 15 heavy (non-hydrogen) atoms. The molecule has 0 N–H and O–H groups in total. The second kappa shape index (κ2) is 7.14. The Bertz CT molecular complexity index is 163. The van der Waals surface area contributed by atoms with Gasteiger partial charge < -0.3 is 14.4 Å². The maximum absolute atomic E-state index is 13.6. The van der Waals surface area contributed by atoms with Gasteiger partial charge in [0.1, 0.15) is 0 Å². The highest BCUT2D eigenvalue weighted by atomic mass is 19.1. The average Bonchev–Trinajstić information content (AvgIpc) is 2.32. The van der Waals surface area contributed by atoms with Crippen LogP contribution in [0.25, 0.3) is 0 Å². The summed E-state index contributed by atoms with van der Waals surface area (Å²) in [6, 6.07) is 0. The molecule has 1 heterocycles. The molecule has 1 fully saturated rings. The minimum atomic E-state index is -1.06. The van der Waals surface area contributed by atoms with Crippen molar-refractivity contribution in [3.05, 3.63) is 0 Å². The minimum absolute atomic E-state index is 0.401. The second-order valence-electron chi connectivity index (χ2n) is 3.33. The lowest BCUT2D eigenvalue weighted by molar-refractivity contribution is -0.262. The van der Waals surface area contributed by atoms with E-state index in [2.05, 4.69) is 4.90 Å². The predicted octanol–water partition coefficient (Wildman–Crippen LogP) is 2.07. The van der Waals surface area contributed by atoms with Crippen LogP contribution in [0.2, 0.25) is 0 Å². The zero-order chi connectivity index (χ0) is 11.9. The van der Waals surface area contributed by atoms with Gasteiger partial charge >= 0.3 is 0 Å². The van der Waals surface area contributed by atoms with Crippen molar-refractivity contribution in [2.24, 2.45) is 0 Å². The number of halogens is 1. The Hall–Kier alpha value is -0.190. The van der Waals surface area contributed by atoms with E-state index in [4.69, 9.17) is 9.47 Å². The van der Waals surface area contributed by atoms with Crippen LogP contribution in [0.15, 0.2) is 0 Å². The van der Waals surface area contributed by atoms with E-state index in [1.165, 1.54) is 14.2 Å². The van der Waals surface area contributed by atoms with Crippen LogP contribution in [0.3, 0.4) is 0 Å². The van der Waals surface area contributed by atoms with Gasteiger partial charge in [-0.05, 0) is 6.54 Å². The molecular weight excluding hydrogens is 197 g/mol. The molecule has 1 aliphatic heterocycles. The van der Waals surface area contributed by atoms with Crippen LogP contribution in [0.4, 0.5) is 4.39 Å².